The molecule has 0 spiro atoms. The van der Waals surface area contributed by atoms with Crippen molar-refractivity contribution in [3.63, 3.8) is 0 Å². The number of halogens is 1. The fourth-order valence-corrected chi connectivity index (χ4v) is 3.58. The number of carbonyl (C=O) groups is 2. The summed E-state index contributed by atoms with van der Waals surface area (Å²) in [5, 5.41) is 2.82. The quantitative estimate of drug-likeness (QED) is 0.723. The standard InChI is InChI=1S/C19H27N3O5.ClH/c1-25-14-9-13(10-15(11-14)26-2)22-6-3-16(19(22)24)21-18(23)17(20)12-4-7-27-8-5-12;/h9-12,16-17H,3-8,20H2,1-2H3,(H,21,23);1H. The Kier molecular flexibility index (Phi) is 7.91. The van der Waals surface area contributed by atoms with Crippen LogP contribution in [-0.4, -0.2) is 57.9 Å². The Bertz CT molecular complexity index is 674. The first-order valence-corrected chi connectivity index (χ1v) is 9.21. The van der Waals surface area contributed by atoms with Gasteiger partial charge in [0.1, 0.15) is 17.5 Å². The van der Waals surface area contributed by atoms with Crippen molar-refractivity contribution in [2.45, 2.75) is 31.3 Å². The van der Waals surface area contributed by atoms with E-state index in [2.05, 4.69) is 5.32 Å². The van der Waals surface area contributed by atoms with E-state index >= 15 is 0 Å². The van der Waals surface area contributed by atoms with E-state index in [1.54, 1.807) is 37.3 Å². The predicted molar refractivity (Wildman–Crippen MR) is 107 cm³/mol. The second-order valence-electron chi connectivity index (χ2n) is 6.89. The number of anilines is 1. The second-order valence-corrected chi connectivity index (χ2v) is 6.89. The van der Waals surface area contributed by atoms with Crippen molar-refractivity contribution in [2.24, 2.45) is 11.7 Å². The van der Waals surface area contributed by atoms with Crippen molar-refractivity contribution < 1.29 is 23.8 Å². The van der Waals surface area contributed by atoms with Crippen LogP contribution in [0.4, 0.5) is 5.69 Å². The van der Waals surface area contributed by atoms with Gasteiger partial charge < -0.3 is 30.2 Å². The van der Waals surface area contributed by atoms with E-state index in [9.17, 15) is 9.59 Å². The summed E-state index contributed by atoms with van der Waals surface area (Å²) in [4.78, 5) is 26.9. The molecule has 0 aromatic heterocycles. The Labute approximate surface area is 171 Å². The number of benzene rings is 1. The van der Waals surface area contributed by atoms with E-state index in [0.717, 1.165) is 12.8 Å². The first kappa shape index (κ1) is 22.3. The zero-order valence-corrected chi connectivity index (χ0v) is 17.0. The molecule has 0 radical (unpaired) electrons. The minimum atomic E-state index is -0.618. The minimum absolute atomic E-state index is 0. The molecule has 2 saturated heterocycles. The van der Waals surface area contributed by atoms with Gasteiger partial charge in [-0.3, -0.25) is 9.59 Å². The van der Waals surface area contributed by atoms with Gasteiger partial charge in [0, 0.05) is 38.0 Å². The molecule has 2 atom stereocenters. The fourth-order valence-electron chi connectivity index (χ4n) is 3.58. The summed E-state index contributed by atoms with van der Waals surface area (Å²) in [5.74, 6) is 0.870. The van der Waals surface area contributed by atoms with Gasteiger partial charge in [0.05, 0.1) is 25.9 Å². The molecule has 0 saturated carbocycles. The van der Waals surface area contributed by atoms with Gasteiger partial charge >= 0.3 is 0 Å². The molecular weight excluding hydrogens is 386 g/mol. The highest BCUT2D eigenvalue weighted by molar-refractivity contribution is 6.02. The molecule has 1 aromatic carbocycles. The number of carbonyl (C=O) groups excluding carboxylic acids is 2. The SMILES string of the molecule is COc1cc(OC)cc(N2CCC(NC(=O)C(N)C3CCOCC3)C2=O)c1.Cl. The maximum atomic E-state index is 12.8. The summed E-state index contributed by atoms with van der Waals surface area (Å²) in [5.41, 5.74) is 6.79. The lowest BCUT2D eigenvalue weighted by Gasteiger charge is -2.27. The highest BCUT2D eigenvalue weighted by Gasteiger charge is 2.36. The number of amides is 2. The average molecular weight is 414 g/mol. The molecular formula is C19H28ClN3O5. The van der Waals surface area contributed by atoms with Crippen LogP contribution in [0.3, 0.4) is 0 Å². The zero-order valence-electron chi connectivity index (χ0n) is 16.2. The summed E-state index contributed by atoms with van der Waals surface area (Å²) in [6.07, 6.45) is 2.07. The van der Waals surface area contributed by atoms with Crippen molar-refractivity contribution >= 4 is 29.9 Å². The van der Waals surface area contributed by atoms with Gasteiger partial charge in [-0.1, -0.05) is 0 Å². The molecule has 3 N–H and O–H groups in total. The molecule has 8 nitrogen and oxygen atoms in total. The van der Waals surface area contributed by atoms with E-state index in [-0.39, 0.29) is 30.1 Å². The van der Waals surface area contributed by atoms with Gasteiger partial charge in [-0.05, 0) is 25.2 Å². The van der Waals surface area contributed by atoms with Crippen LogP contribution in [0.5, 0.6) is 11.5 Å². The third kappa shape index (κ3) is 4.87. The number of nitrogens with zero attached hydrogens (tertiary/aromatic N) is 1. The predicted octanol–water partition coefficient (Wildman–Crippen LogP) is 1.10. The van der Waals surface area contributed by atoms with Crippen molar-refractivity contribution in [2.75, 3.05) is 38.9 Å². The van der Waals surface area contributed by atoms with Crippen LogP contribution in [0.2, 0.25) is 0 Å². The van der Waals surface area contributed by atoms with Crippen LogP contribution in [-0.2, 0) is 14.3 Å². The molecule has 1 aromatic rings. The van der Waals surface area contributed by atoms with Gasteiger partial charge in [-0.25, -0.2) is 0 Å². The highest BCUT2D eigenvalue weighted by atomic mass is 35.5. The lowest BCUT2D eigenvalue weighted by Crippen LogP contribution is -2.51. The first-order valence-electron chi connectivity index (χ1n) is 9.21. The summed E-state index contributed by atoms with van der Waals surface area (Å²) in [7, 11) is 3.12. The Balaban J connectivity index is 0.00000280. The molecule has 3 rings (SSSR count). The number of rotatable bonds is 6. The van der Waals surface area contributed by atoms with E-state index in [1.165, 1.54) is 0 Å². The molecule has 2 fully saturated rings. The molecule has 9 heteroatoms. The van der Waals surface area contributed by atoms with Gasteiger partial charge in [0.2, 0.25) is 11.8 Å². The van der Waals surface area contributed by atoms with Crippen molar-refractivity contribution in [3.8, 4) is 11.5 Å². The molecule has 2 heterocycles. The summed E-state index contributed by atoms with van der Waals surface area (Å²) in [6.45, 7) is 1.76. The minimum Gasteiger partial charge on any atom is -0.497 e. The van der Waals surface area contributed by atoms with Gasteiger partial charge in [-0.15, -0.1) is 12.4 Å². The van der Waals surface area contributed by atoms with E-state index in [4.69, 9.17) is 19.9 Å². The lowest BCUT2D eigenvalue weighted by atomic mass is 9.91. The average Bonchev–Trinajstić information content (AvgIpc) is 3.07. The van der Waals surface area contributed by atoms with E-state index < -0.39 is 12.1 Å². The van der Waals surface area contributed by atoms with Crippen LogP contribution < -0.4 is 25.4 Å². The number of hydrogen-bond acceptors (Lipinski definition) is 6. The Morgan fingerprint density at radius 3 is 2.36 bits per heavy atom. The number of ether oxygens (including phenoxy) is 3. The third-order valence-electron chi connectivity index (χ3n) is 5.25. The maximum Gasteiger partial charge on any atom is 0.249 e. The third-order valence-corrected chi connectivity index (χ3v) is 5.25. The number of nitrogens with one attached hydrogen (secondary N) is 1. The largest absolute Gasteiger partial charge is 0.497 e. The van der Waals surface area contributed by atoms with Gasteiger partial charge in [-0.2, -0.15) is 0 Å². The first-order chi connectivity index (χ1) is 13.0. The summed E-state index contributed by atoms with van der Waals surface area (Å²) in [6, 6.07) is 4.11. The maximum absolute atomic E-state index is 12.8. The van der Waals surface area contributed by atoms with Gasteiger partial charge in [0.15, 0.2) is 0 Å². The van der Waals surface area contributed by atoms with Crippen molar-refractivity contribution in [3.05, 3.63) is 18.2 Å². The van der Waals surface area contributed by atoms with Crippen molar-refractivity contribution in [1.82, 2.24) is 5.32 Å². The molecule has 28 heavy (non-hydrogen) atoms. The highest BCUT2D eigenvalue weighted by Crippen LogP contribution is 2.31. The van der Waals surface area contributed by atoms with Gasteiger partial charge in [0.25, 0.3) is 0 Å². The number of hydrogen-bond donors (Lipinski definition) is 2. The molecule has 0 aliphatic carbocycles. The summed E-state index contributed by atoms with van der Waals surface area (Å²) >= 11 is 0. The normalized spacial score (nSPS) is 21.0. The lowest BCUT2D eigenvalue weighted by molar-refractivity contribution is -0.128. The van der Waals surface area contributed by atoms with Crippen LogP contribution in [0, 0.1) is 5.92 Å². The van der Waals surface area contributed by atoms with Crippen molar-refractivity contribution in [1.29, 1.82) is 0 Å². The fraction of sp³-hybridized carbons (Fsp3) is 0.579. The molecule has 156 valence electrons. The molecule has 2 aliphatic rings. The Morgan fingerprint density at radius 2 is 1.79 bits per heavy atom. The van der Waals surface area contributed by atoms with Crippen LogP contribution in [0.15, 0.2) is 18.2 Å². The Morgan fingerprint density at radius 1 is 1.18 bits per heavy atom. The Hall–Kier alpha value is -2.03. The molecule has 2 unspecified atom stereocenters. The second kappa shape index (κ2) is 9.95. The summed E-state index contributed by atoms with van der Waals surface area (Å²) < 4.78 is 15.8. The smallest absolute Gasteiger partial charge is 0.249 e. The van der Waals surface area contributed by atoms with Crippen LogP contribution in [0.25, 0.3) is 0 Å². The number of methoxy groups -OCH3 is 2. The van der Waals surface area contributed by atoms with E-state index in [0.29, 0.717) is 43.4 Å². The van der Waals surface area contributed by atoms with E-state index in [1.807, 2.05) is 0 Å². The van der Waals surface area contributed by atoms with Crippen LogP contribution in [0.1, 0.15) is 19.3 Å². The number of nitrogens with two attached hydrogens (primary N) is 1. The molecule has 0 bridgehead atoms. The van der Waals surface area contributed by atoms with Crippen LogP contribution >= 0.6 is 12.4 Å². The monoisotopic (exact) mass is 413 g/mol. The molecule has 2 amide bonds. The molecule has 2 aliphatic heterocycles. The zero-order chi connectivity index (χ0) is 19.4. The topological polar surface area (TPSA) is 103 Å².